The predicted molar refractivity (Wildman–Crippen MR) is 101 cm³/mol. The lowest BCUT2D eigenvalue weighted by Crippen LogP contribution is -2.44. The van der Waals surface area contributed by atoms with Crippen molar-refractivity contribution in [1.82, 2.24) is 0 Å². The maximum Gasteiger partial charge on any atom is 0.306 e. The molecule has 4 heteroatoms. The maximum absolute atomic E-state index is 11.0. The number of hydrogen-bond donors (Lipinski definition) is 1. The van der Waals surface area contributed by atoms with Gasteiger partial charge in [-0.2, -0.15) is 0 Å². The minimum absolute atomic E-state index is 0.000713. The van der Waals surface area contributed by atoms with Crippen molar-refractivity contribution in [2.75, 3.05) is 0 Å². The maximum atomic E-state index is 11.0. The normalized spacial score (nSPS) is 29.1. The van der Waals surface area contributed by atoms with Crippen molar-refractivity contribution in [1.29, 1.82) is 0 Å². The summed E-state index contributed by atoms with van der Waals surface area (Å²) >= 11 is 0. The lowest BCUT2D eigenvalue weighted by molar-refractivity contribution is -0.409. The van der Waals surface area contributed by atoms with Crippen LogP contribution in [0.5, 0.6) is 0 Å². The number of hydrogen-bond acceptors (Lipinski definition) is 3. The molecule has 1 aliphatic heterocycles. The highest BCUT2D eigenvalue weighted by Crippen LogP contribution is 2.39. The number of carbonyl (C=O) groups is 1. The zero-order valence-corrected chi connectivity index (χ0v) is 16.6. The number of carboxylic acid groups (broad SMARTS) is 1. The first-order valence-corrected chi connectivity index (χ1v) is 9.80. The topological polar surface area (TPSA) is 55.8 Å². The van der Waals surface area contributed by atoms with Gasteiger partial charge < -0.3 is 5.11 Å². The van der Waals surface area contributed by atoms with Gasteiger partial charge in [-0.1, -0.05) is 57.9 Å². The molecular weight excluding hydrogens is 316 g/mol. The van der Waals surface area contributed by atoms with Gasteiger partial charge in [0.15, 0.2) is 0 Å². The van der Waals surface area contributed by atoms with Crippen LogP contribution in [0.4, 0.5) is 0 Å². The summed E-state index contributed by atoms with van der Waals surface area (Å²) in [5, 5.41) is 9.05. The second-order valence-electron chi connectivity index (χ2n) is 7.31. The van der Waals surface area contributed by atoms with Crippen molar-refractivity contribution in [3.8, 4) is 0 Å². The van der Waals surface area contributed by atoms with E-state index in [2.05, 4.69) is 52.8 Å². The lowest BCUT2D eigenvalue weighted by atomic mass is 9.80. The summed E-state index contributed by atoms with van der Waals surface area (Å²) in [4.78, 5) is 22.4. The van der Waals surface area contributed by atoms with Crippen molar-refractivity contribution in [3.05, 3.63) is 23.8 Å². The molecule has 0 aromatic carbocycles. The lowest BCUT2D eigenvalue weighted by Gasteiger charge is -2.41. The van der Waals surface area contributed by atoms with Crippen molar-refractivity contribution >= 4 is 5.97 Å². The van der Waals surface area contributed by atoms with Crippen LogP contribution in [0.15, 0.2) is 23.8 Å². The number of allylic oxidation sites excluding steroid dienone is 3. The second kappa shape index (κ2) is 10.8. The quantitative estimate of drug-likeness (QED) is 0.405. The van der Waals surface area contributed by atoms with Gasteiger partial charge in [0.25, 0.3) is 0 Å². The average molecular weight is 353 g/mol. The second-order valence-corrected chi connectivity index (χ2v) is 7.31. The van der Waals surface area contributed by atoms with Crippen LogP contribution in [0.2, 0.25) is 0 Å². The van der Waals surface area contributed by atoms with Crippen molar-refractivity contribution in [3.63, 3.8) is 0 Å². The minimum Gasteiger partial charge on any atom is -0.481 e. The summed E-state index contributed by atoms with van der Waals surface area (Å²) in [7, 11) is 0. The molecule has 4 nitrogen and oxygen atoms in total. The fraction of sp³-hybridized carbons (Fsp3) is 0.762. The monoisotopic (exact) mass is 352 g/mol. The molecule has 1 saturated heterocycles. The third kappa shape index (κ3) is 6.95. The summed E-state index contributed by atoms with van der Waals surface area (Å²) in [5.41, 5.74) is 0.872. The third-order valence-electron chi connectivity index (χ3n) is 5.23. The SMILES string of the molecule is CCC=CC(CC)CC(C)=C[C@]1(CC)C[C@@H](CC)[C@H](CC(=O)O)OO1. The van der Waals surface area contributed by atoms with Crippen LogP contribution < -0.4 is 0 Å². The molecule has 0 radical (unpaired) electrons. The standard InChI is InChI=1S/C21H36O4/c1-6-10-11-17(7-2)12-16(5)14-21(9-4)15-18(8-3)19(24-25-21)13-20(22)23/h10-11,14,17-19H,6-9,12-13,15H2,1-5H3,(H,22,23)/t17?,18-,19+,21-/m1/s1. The molecule has 0 aromatic heterocycles. The summed E-state index contributed by atoms with van der Waals surface area (Å²) in [6, 6.07) is 0. The molecule has 1 rings (SSSR count). The molecule has 0 bridgehead atoms. The summed E-state index contributed by atoms with van der Waals surface area (Å²) in [6.45, 7) is 10.7. The van der Waals surface area contributed by atoms with Gasteiger partial charge in [-0.05, 0) is 50.9 Å². The van der Waals surface area contributed by atoms with Crippen molar-refractivity contribution in [2.45, 2.75) is 91.3 Å². The van der Waals surface area contributed by atoms with Crippen LogP contribution in [-0.2, 0) is 14.6 Å². The average Bonchev–Trinajstić information content (AvgIpc) is 2.59. The van der Waals surface area contributed by atoms with E-state index in [0.717, 1.165) is 38.5 Å². The molecule has 1 aliphatic rings. The molecule has 144 valence electrons. The molecule has 1 heterocycles. The highest BCUT2D eigenvalue weighted by atomic mass is 17.2. The first-order valence-electron chi connectivity index (χ1n) is 9.80. The highest BCUT2D eigenvalue weighted by Gasteiger charge is 2.41. The Morgan fingerprint density at radius 1 is 1.32 bits per heavy atom. The Morgan fingerprint density at radius 3 is 2.56 bits per heavy atom. The van der Waals surface area contributed by atoms with Crippen LogP contribution in [0.3, 0.4) is 0 Å². The van der Waals surface area contributed by atoms with Crippen molar-refractivity contribution in [2.24, 2.45) is 11.8 Å². The predicted octanol–water partition coefficient (Wildman–Crippen LogP) is 5.69. The Balaban J connectivity index is 2.84. The van der Waals surface area contributed by atoms with E-state index >= 15 is 0 Å². The molecule has 25 heavy (non-hydrogen) atoms. The van der Waals surface area contributed by atoms with Crippen LogP contribution >= 0.6 is 0 Å². The van der Waals surface area contributed by atoms with E-state index < -0.39 is 11.6 Å². The minimum atomic E-state index is -0.837. The summed E-state index contributed by atoms with van der Waals surface area (Å²) < 4.78 is 0. The van der Waals surface area contributed by atoms with Crippen LogP contribution in [0.25, 0.3) is 0 Å². The molecule has 1 N–H and O–H groups in total. The van der Waals surface area contributed by atoms with Crippen LogP contribution in [0.1, 0.15) is 79.6 Å². The molecule has 4 atom stereocenters. The Bertz CT molecular complexity index is 469. The Kier molecular flexibility index (Phi) is 9.44. The van der Waals surface area contributed by atoms with Crippen molar-refractivity contribution < 1.29 is 19.7 Å². The number of rotatable bonds is 10. The van der Waals surface area contributed by atoms with E-state index in [1.165, 1.54) is 5.57 Å². The van der Waals surface area contributed by atoms with Gasteiger partial charge in [-0.15, -0.1) is 0 Å². The van der Waals surface area contributed by atoms with E-state index in [1.54, 1.807) is 0 Å². The smallest absolute Gasteiger partial charge is 0.306 e. The zero-order chi connectivity index (χ0) is 18.9. The molecule has 0 saturated carbocycles. The molecule has 0 aromatic rings. The molecular formula is C21H36O4. The van der Waals surface area contributed by atoms with E-state index in [1.807, 2.05) is 0 Å². The largest absolute Gasteiger partial charge is 0.481 e. The Hall–Kier alpha value is -1.13. The van der Waals surface area contributed by atoms with Gasteiger partial charge in [0.1, 0.15) is 11.7 Å². The van der Waals surface area contributed by atoms with Gasteiger partial charge in [0.05, 0.1) is 6.42 Å². The van der Waals surface area contributed by atoms with Crippen LogP contribution in [-0.4, -0.2) is 22.8 Å². The van der Waals surface area contributed by atoms with Gasteiger partial charge in [-0.3, -0.25) is 4.79 Å². The van der Waals surface area contributed by atoms with E-state index in [4.69, 9.17) is 14.9 Å². The van der Waals surface area contributed by atoms with E-state index in [-0.39, 0.29) is 18.4 Å². The molecule has 0 amide bonds. The Morgan fingerprint density at radius 2 is 2.04 bits per heavy atom. The van der Waals surface area contributed by atoms with Crippen LogP contribution in [0, 0.1) is 11.8 Å². The number of aliphatic carboxylic acids is 1. The first kappa shape index (κ1) is 21.9. The first-order chi connectivity index (χ1) is 11.9. The summed E-state index contributed by atoms with van der Waals surface area (Å²) in [6.07, 6.45) is 12.2. The molecule has 1 fully saturated rings. The van der Waals surface area contributed by atoms with E-state index in [9.17, 15) is 4.79 Å². The fourth-order valence-corrected chi connectivity index (χ4v) is 3.61. The summed E-state index contributed by atoms with van der Waals surface area (Å²) in [5.74, 6) is -0.0802. The highest BCUT2D eigenvalue weighted by molar-refractivity contribution is 5.67. The zero-order valence-electron chi connectivity index (χ0n) is 16.6. The van der Waals surface area contributed by atoms with Gasteiger partial charge >= 0.3 is 5.97 Å². The van der Waals surface area contributed by atoms with E-state index in [0.29, 0.717) is 5.92 Å². The molecule has 0 spiro atoms. The Labute approximate surface area is 153 Å². The third-order valence-corrected chi connectivity index (χ3v) is 5.23. The van der Waals surface area contributed by atoms with Gasteiger partial charge in [0.2, 0.25) is 0 Å². The fourth-order valence-electron chi connectivity index (χ4n) is 3.61. The van der Waals surface area contributed by atoms with Gasteiger partial charge in [-0.25, -0.2) is 9.78 Å². The molecule has 1 unspecified atom stereocenters. The number of carboxylic acids is 1. The molecule has 0 aliphatic carbocycles. The van der Waals surface area contributed by atoms with Gasteiger partial charge in [0, 0.05) is 0 Å².